The van der Waals surface area contributed by atoms with Gasteiger partial charge in [0.1, 0.15) is 0 Å². The summed E-state index contributed by atoms with van der Waals surface area (Å²) in [7, 11) is 0. The lowest BCUT2D eigenvalue weighted by Gasteiger charge is -2.30. The first-order chi connectivity index (χ1) is 10.2. The highest BCUT2D eigenvalue weighted by Crippen LogP contribution is 2.40. The van der Waals surface area contributed by atoms with Gasteiger partial charge in [-0.2, -0.15) is 0 Å². The van der Waals surface area contributed by atoms with E-state index in [1.54, 1.807) is 0 Å². The van der Waals surface area contributed by atoms with Crippen molar-refractivity contribution in [1.82, 2.24) is 10.2 Å². The van der Waals surface area contributed by atoms with E-state index in [1.807, 2.05) is 16.2 Å². The van der Waals surface area contributed by atoms with E-state index in [4.69, 9.17) is 0 Å². The molecule has 116 valence electrons. The average Bonchev–Trinajstić information content (AvgIpc) is 3.15. The van der Waals surface area contributed by atoms with Crippen LogP contribution in [0.2, 0.25) is 0 Å². The first-order valence-corrected chi connectivity index (χ1v) is 9.14. The summed E-state index contributed by atoms with van der Waals surface area (Å²) in [5, 5.41) is 5.59. The van der Waals surface area contributed by atoms with E-state index in [0.29, 0.717) is 12.0 Å². The molecule has 0 spiro atoms. The van der Waals surface area contributed by atoms with Gasteiger partial charge in [0.15, 0.2) is 0 Å². The molecular weight excluding hydrogens is 280 g/mol. The molecular formula is C17H26N2OS. The molecule has 3 rings (SSSR count). The number of nitrogens with one attached hydrogen (secondary N) is 1. The highest BCUT2D eigenvalue weighted by Gasteiger charge is 2.31. The molecule has 1 aromatic rings. The summed E-state index contributed by atoms with van der Waals surface area (Å²) in [5.41, 5.74) is 1.81. The van der Waals surface area contributed by atoms with Crippen molar-refractivity contribution in [1.29, 1.82) is 0 Å². The summed E-state index contributed by atoms with van der Waals surface area (Å²) < 4.78 is 0. The minimum Gasteiger partial charge on any atom is -0.337 e. The Hall–Kier alpha value is -0.870. The lowest BCUT2D eigenvalue weighted by atomic mass is 9.83. The third kappa shape index (κ3) is 3.32. The maximum absolute atomic E-state index is 12.4. The number of hydrogen-bond acceptors (Lipinski definition) is 3. The van der Waals surface area contributed by atoms with Gasteiger partial charge < -0.3 is 10.2 Å². The Morgan fingerprint density at radius 2 is 2.24 bits per heavy atom. The summed E-state index contributed by atoms with van der Waals surface area (Å²) in [6.45, 7) is 5.48. The topological polar surface area (TPSA) is 32.3 Å². The molecule has 1 fully saturated rings. The van der Waals surface area contributed by atoms with Gasteiger partial charge in [-0.15, -0.1) is 11.3 Å². The van der Waals surface area contributed by atoms with Gasteiger partial charge in [0, 0.05) is 24.5 Å². The predicted molar refractivity (Wildman–Crippen MR) is 87.5 cm³/mol. The van der Waals surface area contributed by atoms with Crippen molar-refractivity contribution in [2.45, 2.75) is 52.0 Å². The molecule has 3 nitrogen and oxygen atoms in total. The van der Waals surface area contributed by atoms with Crippen molar-refractivity contribution in [3.05, 3.63) is 21.9 Å². The Labute approximate surface area is 131 Å². The van der Waals surface area contributed by atoms with Crippen LogP contribution in [0.3, 0.4) is 0 Å². The van der Waals surface area contributed by atoms with Crippen LogP contribution in [-0.4, -0.2) is 30.4 Å². The molecule has 2 heterocycles. The van der Waals surface area contributed by atoms with E-state index in [-0.39, 0.29) is 5.91 Å². The minimum atomic E-state index is 0.260. The second-order valence-corrected chi connectivity index (χ2v) is 7.60. The van der Waals surface area contributed by atoms with E-state index in [9.17, 15) is 4.79 Å². The van der Waals surface area contributed by atoms with Gasteiger partial charge in [-0.3, -0.25) is 4.79 Å². The Balaban J connectivity index is 1.47. The van der Waals surface area contributed by atoms with Crippen LogP contribution < -0.4 is 5.32 Å². The maximum Gasteiger partial charge on any atom is 0.236 e. The first-order valence-electron chi connectivity index (χ1n) is 8.26. The summed E-state index contributed by atoms with van der Waals surface area (Å²) in [4.78, 5) is 15.8. The van der Waals surface area contributed by atoms with E-state index in [2.05, 4.69) is 23.7 Å². The molecule has 1 aliphatic carbocycles. The van der Waals surface area contributed by atoms with Crippen LogP contribution in [0.1, 0.15) is 49.5 Å². The lowest BCUT2D eigenvalue weighted by molar-refractivity contribution is -0.131. The molecule has 4 heteroatoms. The smallest absolute Gasteiger partial charge is 0.236 e. The van der Waals surface area contributed by atoms with Gasteiger partial charge in [0.05, 0.1) is 6.54 Å². The van der Waals surface area contributed by atoms with Crippen LogP contribution in [0, 0.1) is 5.41 Å². The summed E-state index contributed by atoms with van der Waals surface area (Å²) in [6, 6.07) is 2.16. The molecule has 1 aromatic heterocycles. The van der Waals surface area contributed by atoms with E-state index in [1.165, 1.54) is 42.5 Å². The second-order valence-electron chi connectivity index (χ2n) is 6.60. The highest BCUT2D eigenvalue weighted by molar-refractivity contribution is 7.10. The Morgan fingerprint density at radius 3 is 3.00 bits per heavy atom. The Kier molecular flexibility index (Phi) is 4.65. The quantitative estimate of drug-likeness (QED) is 0.906. The van der Waals surface area contributed by atoms with E-state index < -0.39 is 0 Å². The summed E-state index contributed by atoms with van der Waals surface area (Å²) in [6.07, 6.45) is 7.63. The van der Waals surface area contributed by atoms with Crippen LogP contribution in [0.25, 0.3) is 0 Å². The van der Waals surface area contributed by atoms with Crippen molar-refractivity contribution < 1.29 is 4.79 Å². The Bertz CT molecular complexity index is 491. The van der Waals surface area contributed by atoms with Gasteiger partial charge in [-0.25, -0.2) is 0 Å². The molecule has 1 N–H and O–H groups in total. The molecule has 1 amide bonds. The number of rotatable bonds is 5. The number of hydrogen-bond donors (Lipinski definition) is 1. The van der Waals surface area contributed by atoms with Crippen LogP contribution >= 0.6 is 11.3 Å². The van der Waals surface area contributed by atoms with Gasteiger partial charge >= 0.3 is 0 Å². The zero-order chi connectivity index (χ0) is 14.7. The Morgan fingerprint density at radius 1 is 1.43 bits per heavy atom. The third-order valence-electron chi connectivity index (χ3n) is 5.35. The second kappa shape index (κ2) is 6.49. The van der Waals surface area contributed by atoms with Crippen LogP contribution in [0.4, 0.5) is 0 Å². The van der Waals surface area contributed by atoms with Crippen LogP contribution in [0.5, 0.6) is 0 Å². The zero-order valence-electron chi connectivity index (χ0n) is 13.0. The molecule has 0 unspecified atom stereocenters. The maximum atomic E-state index is 12.4. The number of fused-ring (bicyclic) bond motifs is 1. The minimum absolute atomic E-state index is 0.260. The highest BCUT2D eigenvalue weighted by atomic mass is 32.1. The molecule has 0 aromatic carbocycles. The third-order valence-corrected chi connectivity index (χ3v) is 6.37. The normalized spacial score (nSPS) is 20.5. The number of amides is 1. The SMILES string of the molecule is CCC1(CNCC(=O)N2CCc3sccc3C2)CCCC1. The number of nitrogens with zero attached hydrogens (tertiary/aromatic N) is 1. The fourth-order valence-corrected chi connectivity index (χ4v) is 4.68. The van der Waals surface area contributed by atoms with Crippen LogP contribution in [-0.2, 0) is 17.8 Å². The fraction of sp³-hybridized carbons (Fsp3) is 0.706. The number of thiophene rings is 1. The predicted octanol–water partition coefficient (Wildman–Crippen LogP) is 3.19. The molecule has 2 aliphatic rings. The van der Waals surface area contributed by atoms with Gasteiger partial charge in [-0.05, 0) is 48.1 Å². The van der Waals surface area contributed by atoms with Crippen molar-refractivity contribution in [2.24, 2.45) is 5.41 Å². The zero-order valence-corrected chi connectivity index (χ0v) is 13.8. The standard InChI is InChI=1S/C17H26N2OS/c1-2-17(7-3-4-8-17)13-18-11-16(20)19-9-5-15-14(12-19)6-10-21-15/h6,10,18H,2-5,7-9,11-13H2,1H3. The lowest BCUT2D eigenvalue weighted by Crippen LogP contribution is -2.43. The fourth-order valence-electron chi connectivity index (χ4n) is 3.79. The van der Waals surface area contributed by atoms with Gasteiger partial charge in [0.25, 0.3) is 0 Å². The molecule has 0 bridgehead atoms. The first kappa shape index (κ1) is 15.0. The number of carbonyl (C=O) groups excluding carboxylic acids is 1. The molecule has 1 saturated carbocycles. The van der Waals surface area contributed by atoms with Crippen molar-refractivity contribution in [2.75, 3.05) is 19.6 Å². The van der Waals surface area contributed by atoms with Gasteiger partial charge in [-0.1, -0.05) is 19.8 Å². The number of carbonyl (C=O) groups is 1. The average molecular weight is 306 g/mol. The molecule has 0 saturated heterocycles. The van der Waals surface area contributed by atoms with Crippen LogP contribution in [0.15, 0.2) is 11.4 Å². The van der Waals surface area contributed by atoms with Crippen molar-refractivity contribution in [3.63, 3.8) is 0 Å². The van der Waals surface area contributed by atoms with E-state index >= 15 is 0 Å². The monoisotopic (exact) mass is 306 g/mol. The van der Waals surface area contributed by atoms with Gasteiger partial charge in [0.2, 0.25) is 5.91 Å². The molecule has 21 heavy (non-hydrogen) atoms. The summed E-state index contributed by atoms with van der Waals surface area (Å²) in [5.74, 6) is 0.260. The largest absolute Gasteiger partial charge is 0.337 e. The molecule has 0 radical (unpaired) electrons. The summed E-state index contributed by atoms with van der Waals surface area (Å²) >= 11 is 1.82. The van der Waals surface area contributed by atoms with Crippen molar-refractivity contribution >= 4 is 17.2 Å². The molecule has 0 atom stereocenters. The van der Waals surface area contributed by atoms with E-state index in [0.717, 1.165) is 26.1 Å². The van der Waals surface area contributed by atoms with Crippen molar-refractivity contribution in [3.8, 4) is 0 Å². The molecule has 1 aliphatic heterocycles.